The van der Waals surface area contributed by atoms with Gasteiger partial charge < -0.3 is 15.5 Å². The molecule has 0 radical (unpaired) electrons. The maximum absolute atomic E-state index is 9.31. The van der Waals surface area contributed by atoms with Crippen LogP contribution in [0.5, 0.6) is 0 Å². The zero-order valence-electron chi connectivity index (χ0n) is 10.5. The molecule has 0 fully saturated rings. The topological polar surface area (TPSA) is 52.5 Å². The van der Waals surface area contributed by atoms with E-state index in [1.807, 2.05) is 19.1 Å². The summed E-state index contributed by atoms with van der Waals surface area (Å²) in [5.41, 5.74) is 1.18. The summed E-state index contributed by atoms with van der Waals surface area (Å²) in [4.78, 5) is 0. The molecule has 0 spiro atoms. The summed E-state index contributed by atoms with van der Waals surface area (Å²) in [6, 6.07) is 14.7. The summed E-state index contributed by atoms with van der Waals surface area (Å²) in [5.74, 6) is 0. The smallest absolute Gasteiger partial charge is 0.0895 e. The Morgan fingerprint density at radius 3 is 2.56 bits per heavy atom. The van der Waals surface area contributed by atoms with Crippen molar-refractivity contribution in [1.29, 1.82) is 0 Å². The molecule has 0 amide bonds. The molecule has 0 bridgehead atoms. The molecule has 0 saturated heterocycles. The molecule has 0 unspecified atom stereocenters. The number of nitrogens with one attached hydrogen (secondary N) is 1. The molecule has 2 aromatic rings. The maximum atomic E-state index is 9.31. The van der Waals surface area contributed by atoms with Crippen molar-refractivity contribution < 1.29 is 10.2 Å². The Hall–Kier alpha value is -1.42. The van der Waals surface area contributed by atoms with Crippen molar-refractivity contribution >= 4 is 10.8 Å². The molecule has 3 N–H and O–H groups in total. The van der Waals surface area contributed by atoms with E-state index < -0.39 is 6.10 Å². The molecule has 18 heavy (non-hydrogen) atoms. The van der Waals surface area contributed by atoms with Crippen LogP contribution in [-0.2, 0) is 0 Å². The minimum atomic E-state index is -0.701. The molecular formula is C15H19NO2. The Morgan fingerprint density at radius 1 is 1.11 bits per heavy atom. The molecule has 0 heterocycles. The van der Waals surface area contributed by atoms with Gasteiger partial charge in [0.2, 0.25) is 0 Å². The Labute approximate surface area is 107 Å². The number of fused-ring (bicyclic) bond motifs is 1. The van der Waals surface area contributed by atoms with Crippen molar-refractivity contribution in [3.8, 4) is 0 Å². The number of rotatable bonds is 5. The molecule has 0 saturated carbocycles. The van der Waals surface area contributed by atoms with Crippen molar-refractivity contribution in [3.05, 3.63) is 48.0 Å². The lowest BCUT2D eigenvalue weighted by atomic mass is 10.0. The van der Waals surface area contributed by atoms with Crippen LogP contribution >= 0.6 is 0 Å². The van der Waals surface area contributed by atoms with Crippen LogP contribution in [0.2, 0.25) is 0 Å². The van der Waals surface area contributed by atoms with Gasteiger partial charge in [-0.05, 0) is 29.3 Å². The van der Waals surface area contributed by atoms with Crippen LogP contribution < -0.4 is 5.32 Å². The van der Waals surface area contributed by atoms with Crippen molar-refractivity contribution in [3.63, 3.8) is 0 Å². The van der Waals surface area contributed by atoms with Crippen LogP contribution in [0.4, 0.5) is 0 Å². The van der Waals surface area contributed by atoms with E-state index in [0.29, 0.717) is 6.54 Å². The molecule has 3 nitrogen and oxygen atoms in total. The van der Waals surface area contributed by atoms with Crippen LogP contribution in [0.1, 0.15) is 18.5 Å². The predicted molar refractivity (Wildman–Crippen MR) is 73.5 cm³/mol. The fraction of sp³-hybridized carbons (Fsp3) is 0.333. The summed E-state index contributed by atoms with van der Waals surface area (Å²) < 4.78 is 0. The summed E-state index contributed by atoms with van der Waals surface area (Å²) in [6.07, 6.45) is -0.701. The Kier molecular flexibility index (Phi) is 4.31. The van der Waals surface area contributed by atoms with Gasteiger partial charge in [-0.25, -0.2) is 0 Å². The molecule has 0 aliphatic carbocycles. The van der Waals surface area contributed by atoms with Gasteiger partial charge in [-0.3, -0.25) is 0 Å². The summed E-state index contributed by atoms with van der Waals surface area (Å²) >= 11 is 0. The SMILES string of the molecule is C[C@H](NC[C@@H](O)CO)c1ccc2ccccc2c1. The predicted octanol–water partition coefficient (Wildman–Crippen LogP) is 1.84. The average Bonchev–Trinajstić information content (AvgIpc) is 2.43. The zero-order valence-corrected chi connectivity index (χ0v) is 10.5. The van der Waals surface area contributed by atoms with E-state index in [9.17, 15) is 5.11 Å². The van der Waals surface area contributed by atoms with E-state index in [1.165, 1.54) is 16.3 Å². The normalized spacial score (nSPS) is 14.6. The van der Waals surface area contributed by atoms with Crippen LogP contribution in [0, 0.1) is 0 Å². The van der Waals surface area contributed by atoms with Gasteiger partial charge in [-0.15, -0.1) is 0 Å². The Morgan fingerprint density at radius 2 is 1.83 bits per heavy atom. The second-order valence-corrected chi connectivity index (χ2v) is 4.57. The van der Waals surface area contributed by atoms with E-state index in [0.717, 1.165) is 0 Å². The lowest BCUT2D eigenvalue weighted by molar-refractivity contribution is 0.0924. The number of aliphatic hydroxyl groups is 2. The standard InChI is InChI=1S/C15H19NO2/c1-11(16-9-15(18)10-17)13-7-6-12-4-2-3-5-14(12)8-13/h2-8,11,15-18H,9-10H2,1H3/t11-,15+/m0/s1. The van der Waals surface area contributed by atoms with Crippen molar-refractivity contribution in [2.24, 2.45) is 0 Å². The van der Waals surface area contributed by atoms with E-state index in [2.05, 4.69) is 35.6 Å². The summed E-state index contributed by atoms with van der Waals surface area (Å²) in [7, 11) is 0. The molecule has 2 atom stereocenters. The highest BCUT2D eigenvalue weighted by atomic mass is 16.3. The zero-order chi connectivity index (χ0) is 13.0. The van der Waals surface area contributed by atoms with Gasteiger partial charge in [0.05, 0.1) is 12.7 Å². The van der Waals surface area contributed by atoms with Gasteiger partial charge in [0, 0.05) is 12.6 Å². The number of hydrogen-bond acceptors (Lipinski definition) is 3. The lowest BCUT2D eigenvalue weighted by Gasteiger charge is -2.16. The highest BCUT2D eigenvalue weighted by Gasteiger charge is 2.08. The van der Waals surface area contributed by atoms with Gasteiger partial charge in [-0.2, -0.15) is 0 Å². The summed E-state index contributed by atoms with van der Waals surface area (Å²) in [6.45, 7) is 2.23. The van der Waals surface area contributed by atoms with Gasteiger partial charge in [0.15, 0.2) is 0 Å². The first-order valence-electron chi connectivity index (χ1n) is 6.21. The number of benzene rings is 2. The van der Waals surface area contributed by atoms with Crippen molar-refractivity contribution in [2.75, 3.05) is 13.2 Å². The molecular weight excluding hydrogens is 226 g/mol. The van der Waals surface area contributed by atoms with E-state index in [1.54, 1.807) is 0 Å². The molecule has 0 aliphatic heterocycles. The quantitative estimate of drug-likeness (QED) is 0.753. The van der Waals surface area contributed by atoms with Crippen LogP contribution in [0.15, 0.2) is 42.5 Å². The van der Waals surface area contributed by atoms with Crippen molar-refractivity contribution in [2.45, 2.75) is 19.1 Å². The molecule has 96 valence electrons. The molecule has 3 heteroatoms. The first kappa shape index (κ1) is 13.0. The second kappa shape index (κ2) is 5.96. The Balaban J connectivity index is 2.10. The fourth-order valence-corrected chi connectivity index (χ4v) is 1.97. The Bertz CT molecular complexity index is 513. The monoisotopic (exact) mass is 245 g/mol. The summed E-state index contributed by atoms with van der Waals surface area (Å²) in [5, 5.41) is 23.7. The minimum Gasteiger partial charge on any atom is -0.394 e. The first-order valence-corrected chi connectivity index (χ1v) is 6.21. The van der Waals surface area contributed by atoms with E-state index >= 15 is 0 Å². The minimum absolute atomic E-state index is 0.149. The van der Waals surface area contributed by atoms with Crippen LogP contribution in [-0.4, -0.2) is 29.5 Å². The van der Waals surface area contributed by atoms with Gasteiger partial charge in [-0.1, -0.05) is 36.4 Å². The van der Waals surface area contributed by atoms with Gasteiger partial charge in [0.25, 0.3) is 0 Å². The highest BCUT2D eigenvalue weighted by Crippen LogP contribution is 2.20. The third-order valence-corrected chi connectivity index (χ3v) is 3.14. The van der Waals surface area contributed by atoms with Crippen LogP contribution in [0.3, 0.4) is 0 Å². The fourth-order valence-electron chi connectivity index (χ4n) is 1.97. The van der Waals surface area contributed by atoms with Crippen molar-refractivity contribution in [1.82, 2.24) is 5.32 Å². The third kappa shape index (κ3) is 3.07. The van der Waals surface area contributed by atoms with Gasteiger partial charge >= 0.3 is 0 Å². The molecule has 2 aromatic carbocycles. The number of aliphatic hydroxyl groups excluding tert-OH is 2. The van der Waals surface area contributed by atoms with E-state index in [-0.39, 0.29) is 12.6 Å². The van der Waals surface area contributed by atoms with Crippen LogP contribution in [0.25, 0.3) is 10.8 Å². The maximum Gasteiger partial charge on any atom is 0.0895 e. The molecule has 0 aliphatic rings. The lowest BCUT2D eigenvalue weighted by Crippen LogP contribution is -2.31. The third-order valence-electron chi connectivity index (χ3n) is 3.14. The largest absolute Gasteiger partial charge is 0.394 e. The number of hydrogen-bond donors (Lipinski definition) is 3. The van der Waals surface area contributed by atoms with Gasteiger partial charge in [0.1, 0.15) is 0 Å². The second-order valence-electron chi connectivity index (χ2n) is 4.57. The highest BCUT2D eigenvalue weighted by molar-refractivity contribution is 5.83. The average molecular weight is 245 g/mol. The first-order chi connectivity index (χ1) is 8.70. The van der Waals surface area contributed by atoms with E-state index in [4.69, 9.17) is 5.11 Å². The molecule has 0 aromatic heterocycles. The molecule has 2 rings (SSSR count).